The number of amides is 1. The van der Waals surface area contributed by atoms with Crippen molar-refractivity contribution in [1.29, 1.82) is 0 Å². The topological polar surface area (TPSA) is 66.4 Å². The number of aliphatic carboxylic acids is 1. The zero-order valence-corrected chi connectivity index (χ0v) is 11.4. The second-order valence-corrected chi connectivity index (χ2v) is 5.77. The Kier molecular flexibility index (Phi) is 3.26. The molecule has 4 atom stereocenters. The van der Waals surface area contributed by atoms with Gasteiger partial charge in [-0.3, -0.25) is 9.59 Å². The van der Waals surface area contributed by atoms with Crippen LogP contribution < -0.4 is 5.32 Å². The van der Waals surface area contributed by atoms with E-state index >= 15 is 0 Å². The number of halogens is 1. The van der Waals surface area contributed by atoms with Gasteiger partial charge in [0.15, 0.2) is 0 Å². The molecular weight excluding hydrogens is 278 g/mol. The Morgan fingerprint density at radius 2 is 1.90 bits per heavy atom. The molecule has 0 aliphatic heterocycles. The first-order valence-electron chi connectivity index (χ1n) is 6.54. The minimum Gasteiger partial charge on any atom is -0.481 e. The zero-order chi connectivity index (χ0) is 14.3. The highest BCUT2D eigenvalue weighted by Gasteiger charge is 2.51. The maximum atomic E-state index is 12.4. The Morgan fingerprint density at radius 3 is 2.55 bits per heavy atom. The summed E-state index contributed by atoms with van der Waals surface area (Å²) in [5.74, 6) is -2.25. The molecule has 104 valence electrons. The van der Waals surface area contributed by atoms with Crippen molar-refractivity contribution < 1.29 is 14.7 Å². The van der Waals surface area contributed by atoms with Crippen molar-refractivity contribution in [2.45, 2.75) is 6.42 Å². The van der Waals surface area contributed by atoms with E-state index in [0.29, 0.717) is 10.7 Å². The molecule has 1 aromatic carbocycles. The lowest BCUT2D eigenvalue weighted by Crippen LogP contribution is -2.36. The molecule has 2 N–H and O–H groups in total. The van der Waals surface area contributed by atoms with E-state index in [1.807, 2.05) is 12.2 Å². The van der Waals surface area contributed by atoms with Crippen LogP contribution in [-0.4, -0.2) is 17.0 Å². The summed E-state index contributed by atoms with van der Waals surface area (Å²) in [6, 6.07) is 6.85. The molecular formula is C15H14ClNO3. The van der Waals surface area contributed by atoms with Crippen molar-refractivity contribution in [1.82, 2.24) is 0 Å². The number of benzene rings is 1. The second-order valence-electron chi connectivity index (χ2n) is 5.34. The standard InChI is InChI=1S/C15H14ClNO3/c16-10-2-1-3-11(7-10)17-14(18)12-8-4-5-9(6-8)13(12)15(19)20/h1-5,7-9,12-13H,6H2,(H,17,18)(H,19,20)/t8-,9+,12+,13+/m1/s1. The van der Waals surface area contributed by atoms with Gasteiger partial charge in [-0.2, -0.15) is 0 Å². The number of carbonyl (C=O) groups is 2. The Hall–Kier alpha value is -1.81. The monoisotopic (exact) mass is 291 g/mol. The minimum atomic E-state index is -0.895. The predicted octanol–water partition coefficient (Wildman–Crippen LogP) is 2.80. The van der Waals surface area contributed by atoms with Gasteiger partial charge < -0.3 is 10.4 Å². The summed E-state index contributed by atoms with van der Waals surface area (Å²) in [5, 5.41) is 12.6. The highest BCUT2D eigenvalue weighted by molar-refractivity contribution is 6.30. The van der Waals surface area contributed by atoms with Gasteiger partial charge in [0.25, 0.3) is 0 Å². The number of carboxylic acids is 1. The van der Waals surface area contributed by atoms with Crippen molar-refractivity contribution in [2.75, 3.05) is 5.32 Å². The molecule has 1 saturated carbocycles. The molecule has 1 aromatic rings. The first-order valence-corrected chi connectivity index (χ1v) is 6.91. The van der Waals surface area contributed by atoms with Gasteiger partial charge in [-0.1, -0.05) is 29.8 Å². The fourth-order valence-corrected chi connectivity index (χ4v) is 3.50. The van der Waals surface area contributed by atoms with Gasteiger partial charge in [-0.05, 0) is 36.5 Å². The van der Waals surface area contributed by atoms with Gasteiger partial charge in [0, 0.05) is 10.7 Å². The van der Waals surface area contributed by atoms with Gasteiger partial charge in [-0.15, -0.1) is 0 Å². The van der Waals surface area contributed by atoms with Crippen LogP contribution in [0, 0.1) is 23.7 Å². The average Bonchev–Trinajstić information content (AvgIpc) is 2.98. The van der Waals surface area contributed by atoms with Gasteiger partial charge in [0.1, 0.15) is 0 Å². The van der Waals surface area contributed by atoms with E-state index in [9.17, 15) is 14.7 Å². The molecule has 0 heterocycles. The molecule has 0 radical (unpaired) electrons. The van der Waals surface area contributed by atoms with Crippen LogP contribution in [0.2, 0.25) is 5.02 Å². The van der Waals surface area contributed by atoms with E-state index in [1.165, 1.54) is 0 Å². The van der Waals surface area contributed by atoms with Gasteiger partial charge in [0.2, 0.25) is 5.91 Å². The molecule has 1 fully saturated rings. The number of allylic oxidation sites excluding steroid dienone is 2. The molecule has 3 rings (SSSR count). The number of hydrogen-bond acceptors (Lipinski definition) is 2. The number of carboxylic acid groups (broad SMARTS) is 1. The molecule has 4 nitrogen and oxygen atoms in total. The van der Waals surface area contributed by atoms with Crippen molar-refractivity contribution in [3.8, 4) is 0 Å². The molecule has 0 aromatic heterocycles. The molecule has 0 spiro atoms. The number of nitrogens with one attached hydrogen (secondary N) is 1. The third kappa shape index (κ3) is 2.20. The van der Waals surface area contributed by atoms with Crippen molar-refractivity contribution >= 4 is 29.2 Å². The summed E-state index contributed by atoms with van der Waals surface area (Å²) in [6.07, 6.45) is 4.64. The summed E-state index contributed by atoms with van der Waals surface area (Å²) in [6.45, 7) is 0. The van der Waals surface area contributed by atoms with E-state index in [4.69, 9.17) is 11.6 Å². The molecule has 2 aliphatic carbocycles. The van der Waals surface area contributed by atoms with Crippen LogP contribution in [0.1, 0.15) is 6.42 Å². The molecule has 20 heavy (non-hydrogen) atoms. The van der Waals surface area contributed by atoms with Gasteiger partial charge >= 0.3 is 5.97 Å². The van der Waals surface area contributed by atoms with E-state index < -0.39 is 17.8 Å². The van der Waals surface area contributed by atoms with Crippen LogP contribution in [0.25, 0.3) is 0 Å². The van der Waals surface area contributed by atoms with Crippen molar-refractivity contribution in [3.05, 3.63) is 41.4 Å². The third-order valence-electron chi connectivity index (χ3n) is 4.14. The molecule has 5 heteroatoms. The lowest BCUT2D eigenvalue weighted by molar-refractivity contribution is -0.146. The number of hydrogen-bond donors (Lipinski definition) is 2. The van der Waals surface area contributed by atoms with E-state index in [2.05, 4.69) is 5.32 Å². The van der Waals surface area contributed by atoms with Crippen molar-refractivity contribution in [2.24, 2.45) is 23.7 Å². The summed E-state index contributed by atoms with van der Waals surface area (Å²) in [4.78, 5) is 23.8. The Morgan fingerprint density at radius 1 is 1.20 bits per heavy atom. The first kappa shape index (κ1) is 13.2. The summed E-state index contributed by atoms with van der Waals surface area (Å²) >= 11 is 5.87. The molecule has 2 aliphatic rings. The fourth-order valence-electron chi connectivity index (χ4n) is 3.31. The Balaban J connectivity index is 1.80. The molecule has 2 bridgehead atoms. The van der Waals surface area contributed by atoms with Gasteiger partial charge in [0.05, 0.1) is 11.8 Å². The Labute approximate surface area is 121 Å². The van der Waals surface area contributed by atoms with Crippen LogP contribution in [0.15, 0.2) is 36.4 Å². The normalized spacial score (nSPS) is 30.4. The average molecular weight is 292 g/mol. The molecule has 0 unspecified atom stereocenters. The van der Waals surface area contributed by atoms with Crippen LogP contribution >= 0.6 is 11.6 Å². The van der Waals surface area contributed by atoms with E-state index in [1.54, 1.807) is 24.3 Å². The third-order valence-corrected chi connectivity index (χ3v) is 4.37. The van der Waals surface area contributed by atoms with Crippen LogP contribution in [-0.2, 0) is 9.59 Å². The van der Waals surface area contributed by atoms with Crippen LogP contribution in [0.5, 0.6) is 0 Å². The quantitative estimate of drug-likeness (QED) is 0.842. The van der Waals surface area contributed by atoms with Crippen molar-refractivity contribution in [3.63, 3.8) is 0 Å². The summed E-state index contributed by atoms with van der Waals surface area (Å²) in [7, 11) is 0. The van der Waals surface area contributed by atoms with Crippen LogP contribution in [0.4, 0.5) is 5.69 Å². The maximum absolute atomic E-state index is 12.4. The second kappa shape index (κ2) is 4.94. The summed E-state index contributed by atoms with van der Waals surface area (Å²) < 4.78 is 0. The lowest BCUT2D eigenvalue weighted by atomic mass is 9.82. The number of rotatable bonds is 3. The SMILES string of the molecule is O=C(Nc1cccc(Cl)c1)[C@@H]1[C@@H](C(=O)O)[C@H]2C=C[C@@H]1C2. The lowest BCUT2D eigenvalue weighted by Gasteiger charge is -2.23. The highest BCUT2D eigenvalue weighted by atomic mass is 35.5. The van der Waals surface area contributed by atoms with E-state index in [0.717, 1.165) is 6.42 Å². The minimum absolute atomic E-state index is 0.0207. The number of carbonyl (C=O) groups excluding carboxylic acids is 1. The van der Waals surface area contributed by atoms with E-state index in [-0.39, 0.29) is 17.7 Å². The highest BCUT2D eigenvalue weighted by Crippen LogP contribution is 2.48. The number of fused-ring (bicyclic) bond motifs is 2. The summed E-state index contributed by atoms with van der Waals surface area (Å²) in [5.41, 5.74) is 0.596. The smallest absolute Gasteiger partial charge is 0.307 e. The number of anilines is 1. The largest absolute Gasteiger partial charge is 0.481 e. The molecule has 0 saturated heterocycles. The Bertz CT molecular complexity index is 599. The first-order chi connectivity index (χ1) is 9.56. The fraction of sp³-hybridized carbons (Fsp3) is 0.333. The predicted molar refractivity (Wildman–Crippen MR) is 75.4 cm³/mol. The van der Waals surface area contributed by atoms with Gasteiger partial charge in [-0.25, -0.2) is 0 Å². The molecule has 1 amide bonds. The maximum Gasteiger partial charge on any atom is 0.307 e. The van der Waals surface area contributed by atoms with Crippen LogP contribution in [0.3, 0.4) is 0 Å². The zero-order valence-electron chi connectivity index (χ0n) is 10.6.